The fourth-order valence-electron chi connectivity index (χ4n) is 2.36. The number of hydrogen-bond acceptors (Lipinski definition) is 4. The van der Waals surface area contributed by atoms with Gasteiger partial charge < -0.3 is 9.73 Å². The molecule has 9 heteroatoms. The lowest BCUT2D eigenvalue weighted by atomic mass is 10.2. The summed E-state index contributed by atoms with van der Waals surface area (Å²) < 4.78 is 32.6. The lowest BCUT2D eigenvalue weighted by Crippen LogP contribution is -2.14. The molecule has 3 rings (SSSR count). The maximum Gasteiger partial charge on any atom is 0.291 e. The molecule has 2 N–H and O–H groups in total. The van der Waals surface area contributed by atoms with E-state index in [0.717, 1.165) is 0 Å². The van der Waals surface area contributed by atoms with Crippen LogP contribution in [-0.2, 0) is 10.0 Å². The van der Waals surface area contributed by atoms with Gasteiger partial charge in [-0.05, 0) is 49.4 Å². The minimum Gasteiger partial charge on any atom is -0.459 e. The quantitative estimate of drug-likeness (QED) is 0.606. The molecule has 0 aliphatic carbocycles. The SMILES string of the molecule is Cc1ccoc1C(=O)Nc1ccc(NS(=O)(=O)c2c(Cl)cccc2Cl)cc1. The van der Waals surface area contributed by atoms with Crippen LogP contribution in [0.3, 0.4) is 0 Å². The molecule has 0 saturated carbocycles. The van der Waals surface area contributed by atoms with Crippen molar-refractivity contribution in [2.24, 2.45) is 0 Å². The van der Waals surface area contributed by atoms with Gasteiger partial charge in [0.1, 0.15) is 4.90 Å². The van der Waals surface area contributed by atoms with Crippen LogP contribution in [0.15, 0.2) is 64.1 Å². The number of benzene rings is 2. The van der Waals surface area contributed by atoms with Crippen molar-refractivity contribution in [1.82, 2.24) is 0 Å². The van der Waals surface area contributed by atoms with Gasteiger partial charge in [0.2, 0.25) is 0 Å². The third-order valence-corrected chi connectivity index (χ3v) is 5.99. The number of hydrogen-bond donors (Lipinski definition) is 2. The molecule has 0 unspecified atom stereocenters. The van der Waals surface area contributed by atoms with Gasteiger partial charge in [-0.1, -0.05) is 29.3 Å². The Hall–Kier alpha value is -2.48. The molecule has 2 aromatic carbocycles. The number of amides is 1. The lowest BCUT2D eigenvalue weighted by Gasteiger charge is -2.11. The van der Waals surface area contributed by atoms with Gasteiger partial charge in [0.05, 0.1) is 16.3 Å². The average Bonchev–Trinajstić information content (AvgIpc) is 3.02. The summed E-state index contributed by atoms with van der Waals surface area (Å²) in [5.74, 6) is -0.179. The number of carbonyl (C=O) groups excluding carboxylic acids is 1. The van der Waals surface area contributed by atoms with Crippen molar-refractivity contribution in [3.05, 3.63) is 76.2 Å². The van der Waals surface area contributed by atoms with E-state index in [2.05, 4.69) is 10.0 Å². The minimum absolute atomic E-state index is 0.0210. The predicted octanol–water partition coefficient (Wildman–Crippen LogP) is 4.95. The van der Waals surface area contributed by atoms with Gasteiger partial charge in [0.15, 0.2) is 5.76 Å². The monoisotopic (exact) mass is 424 g/mol. The molecule has 0 radical (unpaired) electrons. The third kappa shape index (κ3) is 4.27. The highest BCUT2D eigenvalue weighted by molar-refractivity contribution is 7.93. The minimum atomic E-state index is -3.97. The highest BCUT2D eigenvalue weighted by Crippen LogP contribution is 2.30. The van der Waals surface area contributed by atoms with E-state index in [1.807, 2.05) is 0 Å². The summed E-state index contributed by atoms with van der Waals surface area (Å²) >= 11 is 11.9. The Kier molecular flexibility index (Phi) is 5.46. The van der Waals surface area contributed by atoms with Crippen LogP contribution >= 0.6 is 23.2 Å². The van der Waals surface area contributed by atoms with Crippen molar-refractivity contribution in [2.75, 3.05) is 10.0 Å². The molecule has 1 aromatic heterocycles. The van der Waals surface area contributed by atoms with E-state index in [1.165, 1.54) is 30.5 Å². The summed E-state index contributed by atoms with van der Waals surface area (Å²) in [6.45, 7) is 1.76. The Bertz CT molecular complexity index is 1070. The van der Waals surface area contributed by atoms with Crippen molar-refractivity contribution in [3.8, 4) is 0 Å². The van der Waals surface area contributed by atoms with Crippen LogP contribution in [0.2, 0.25) is 10.0 Å². The zero-order chi connectivity index (χ0) is 19.6. The zero-order valence-corrected chi connectivity index (χ0v) is 16.3. The Labute approximate surface area is 166 Å². The topological polar surface area (TPSA) is 88.4 Å². The Balaban J connectivity index is 1.76. The van der Waals surface area contributed by atoms with Crippen molar-refractivity contribution in [1.29, 1.82) is 0 Å². The molecule has 1 amide bonds. The predicted molar refractivity (Wildman–Crippen MR) is 105 cm³/mol. The normalized spacial score (nSPS) is 11.2. The smallest absolute Gasteiger partial charge is 0.291 e. The summed E-state index contributed by atoms with van der Waals surface area (Å²) in [6, 6.07) is 12.3. The highest BCUT2D eigenvalue weighted by Gasteiger charge is 2.21. The molecule has 0 spiro atoms. The second-order valence-electron chi connectivity index (χ2n) is 5.62. The Morgan fingerprint density at radius 1 is 0.963 bits per heavy atom. The first-order valence-corrected chi connectivity index (χ1v) is 9.94. The molecule has 27 heavy (non-hydrogen) atoms. The lowest BCUT2D eigenvalue weighted by molar-refractivity contribution is 0.0996. The molecule has 0 saturated heterocycles. The number of nitrogens with one attached hydrogen (secondary N) is 2. The summed E-state index contributed by atoms with van der Waals surface area (Å²) in [6.07, 6.45) is 1.43. The molecule has 0 aliphatic heterocycles. The Morgan fingerprint density at radius 3 is 2.11 bits per heavy atom. The zero-order valence-electron chi connectivity index (χ0n) is 14.0. The summed E-state index contributed by atoms with van der Waals surface area (Å²) in [5, 5.41) is 2.72. The van der Waals surface area contributed by atoms with Crippen LogP contribution in [0.5, 0.6) is 0 Å². The van der Waals surface area contributed by atoms with E-state index in [-0.39, 0.29) is 26.4 Å². The van der Waals surface area contributed by atoms with E-state index in [9.17, 15) is 13.2 Å². The maximum atomic E-state index is 12.5. The van der Waals surface area contributed by atoms with E-state index >= 15 is 0 Å². The number of aryl methyl sites for hydroxylation is 1. The van der Waals surface area contributed by atoms with Crippen LogP contribution in [0, 0.1) is 6.92 Å². The van der Waals surface area contributed by atoms with Gasteiger partial charge in [-0.15, -0.1) is 0 Å². The number of furan rings is 1. The fourth-order valence-corrected chi connectivity index (χ4v) is 4.57. The van der Waals surface area contributed by atoms with Gasteiger partial charge in [0.25, 0.3) is 15.9 Å². The second-order valence-corrected chi connectivity index (χ2v) is 8.05. The van der Waals surface area contributed by atoms with Crippen LogP contribution in [0.25, 0.3) is 0 Å². The van der Waals surface area contributed by atoms with Gasteiger partial charge in [-0.3, -0.25) is 9.52 Å². The molecule has 0 fully saturated rings. The van der Waals surface area contributed by atoms with E-state index in [1.54, 1.807) is 31.2 Å². The molecule has 6 nitrogen and oxygen atoms in total. The number of carbonyl (C=O) groups is 1. The number of rotatable bonds is 5. The van der Waals surface area contributed by atoms with Crippen LogP contribution in [0.1, 0.15) is 16.1 Å². The summed E-state index contributed by atoms with van der Waals surface area (Å²) in [5.41, 5.74) is 1.49. The first kappa shape index (κ1) is 19.3. The molecular formula is C18H14Cl2N2O4S. The first-order chi connectivity index (χ1) is 12.8. The van der Waals surface area contributed by atoms with Gasteiger partial charge in [0, 0.05) is 16.9 Å². The molecular weight excluding hydrogens is 411 g/mol. The summed E-state index contributed by atoms with van der Waals surface area (Å²) in [4.78, 5) is 11.9. The number of halogens is 2. The van der Waals surface area contributed by atoms with E-state index in [0.29, 0.717) is 11.3 Å². The van der Waals surface area contributed by atoms with E-state index < -0.39 is 15.9 Å². The molecule has 140 valence electrons. The van der Waals surface area contributed by atoms with Gasteiger partial charge in [-0.25, -0.2) is 8.42 Å². The highest BCUT2D eigenvalue weighted by atomic mass is 35.5. The average molecular weight is 425 g/mol. The van der Waals surface area contributed by atoms with Crippen LogP contribution in [0.4, 0.5) is 11.4 Å². The maximum absolute atomic E-state index is 12.5. The second kappa shape index (κ2) is 7.64. The van der Waals surface area contributed by atoms with Gasteiger partial charge >= 0.3 is 0 Å². The van der Waals surface area contributed by atoms with Crippen molar-refractivity contribution in [3.63, 3.8) is 0 Å². The number of sulfonamides is 1. The van der Waals surface area contributed by atoms with E-state index in [4.69, 9.17) is 27.6 Å². The summed E-state index contributed by atoms with van der Waals surface area (Å²) in [7, 11) is -3.97. The van der Waals surface area contributed by atoms with Crippen molar-refractivity contribution < 1.29 is 17.6 Å². The fraction of sp³-hybridized carbons (Fsp3) is 0.0556. The molecule has 0 atom stereocenters. The largest absolute Gasteiger partial charge is 0.459 e. The third-order valence-electron chi connectivity index (χ3n) is 3.65. The van der Waals surface area contributed by atoms with Crippen molar-refractivity contribution in [2.45, 2.75) is 11.8 Å². The standard InChI is InChI=1S/C18H14Cl2N2O4S/c1-11-9-10-26-16(11)18(23)21-12-5-7-13(8-6-12)22-27(24,25)17-14(19)3-2-4-15(17)20/h2-10,22H,1H3,(H,21,23). The van der Waals surface area contributed by atoms with Crippen LogP contribution in [-0.4, -0.2) is 14.3 Å². The Morgan fingerprint density at radius 2 is 1.56 bits per heavy atom. The van der Waals surface area contributed by atoms with Crippen molar-refractivity contribution >= 4 is 50.5 Å². The molecule has 0 bridgehead atoms. The van der Waals surface area contributed by atoms with Crippen LogP contribution < -0.4 is 10.0 Å². The molecule has 0 aliphatic rings. The molecule has 1 heterocycles. The number of anilines is 2. The molecule has 3 aromatic rings. The first-order valence-electron chi connectivity index (χ1n) is 7.70. The van der Waals surface area contributed by atoms with Gasteiger partial charge in [-0.2, -0.15) is 0 Å².